The summed E-state index contributed by atoms with van der Waals surface area (Å²) in [5.41, 5.74) is 3.44. The monoisotopic (exact) mass is 218 g/mol. The first-order valence-electron chi connectivity index (χ1n) is 4.76. The van der Waals surface area contributed by atoms with Gasteiger partial charge in [0.1, 0.15) is 11.5 Å². The summed E-state index contributed by atoms with van der Waals surface area (Å²) in [6.45, 7) is 2.08. The van der Waals surface area contributed by atoms with E-state index < -0.39 is 0 Å². The van der Waals surface area contributed by atoms with E-state index in [2.05, 4.69) is 35.1 Å². The predicted octanol–water partition coefficient (Wildman–Crippen LogP) is 3.03. The fourth-order valence-electron chi connectivity index (χ4n) is 1.50. The Bertz CT molecular complexity index is 425. The molecule has 0 aliphatic heterocycles. The fourth-order valence-corrected chi connectivity index (χ4v) is 1.67. The van der Waals surface area contributed by atoms with Gasteiger partial charge in [-0.05, 0) is 18.6 Å². The van der Waals surface area contributed by atoms with Crippen LogP contribution in [0.4, 0.5) is 0 Å². The standard InChI is InChI=1S/C12H11ClN2/c1-9-3-2-4-10(5-9)6-11-7-12(13)15-8-14-11/h2-5,7-8H,6H2,1H3. The lowest BCUT2D eigenvalue weighted by Gasteiger charge is -2.02. The topological polar surface area (TPSA) is 25.8 Å². The van der Waals surface area contributed by atoms with E-state index in [1.54, 1.807) is 6.07 Å². The lowest BCUT2D eigenvalue weighted by atomic mass is 10.1. The smallest absolute Gasteiger partial charge is 0.132 e. The number of hydrogen-bond donors (Lipinski definition) is 0. The molecule has 3 heteroatoms. The van der Waals surface area contributed by atoms with Crippen LogP contribution < -0.4 is 0 Å². The first-order valence-corrected chi connectivity index (χ1v) is 5.14. The van der Waals surface area contributed by atoms with Crippen LogP contribution in [-0.2, 0) is 6.42 Å². The quantitative estimate of drug-likeness (QED) is 0.725. The minimum absolute atomic E-state index is 0.493. The highest BCUT2D eigenvalue weighted by atomic mass is 35.5. The van der Waals surface area contributed by atoms with Gasteiger partial charge in [-0.25, -0.2) is 9.97 Å². The molecule has 1 aromatic carbocycles. The maximum Gasteiger partial charge on any atom is 0.132 e. The zero-order valence-corrected chi connectivity index (χ0v) is 9.20. The van der Waals surface area contributed by atoms with Crippen molar-refractivity contribution in [3.63, 3.8) is 0 Å². The molecule has 15 heavy (non-hydrogen) atoms. The summed E-state index contributed by atoms with van der Waals surface area (Å²) in [4.78, 5) is 8.02. The molecule has 0 aliphatic rings. The van der Waals surface area contributed by atoms with Crippen molar-refractivity contribution in [2.45, 2.75) is 13.3 Å². The van der Waals surface area contributed by atoms with Crippen LogP contribution in [0.15, 0.2) is 36.7 Å². The Kier molecular flexibility index (Phi) is 2.97. The van der Waals surface area contributed by atoms with Gasteiger partial charge in [-0.2, -0.15) is 0 Å². The Morgan fingerprint density at radius 2 is 2.07 bits per heavy atom. The molecule has 0 spiro atoms. The zero-order valence-electron chi connectivity index (χ0n) is 8.44. The summed E-state index contributed by atoms with van der Waals surface area (Å²) in [5, 5.41) is 0.493. The third-order valence-corrected chi connectivity index (χ3v) is 2.36. The molecule has 0 bridgehead atoms. The second-order valence-corrected chi connectivity index (χ2v) is 3.89. The van der Waals surface area contributed by atoms with Crippen molar-refractivity contribution in [2.24, 2.45) is 0 Å². The SMILES string of the molecule is Cc1cccc(Cc2cc(Cl)ncn2)c1. The van der Waals surface area contributed by atoms with Gasteiger partial charge in [0.2, 0.25) is 0 Å². The number of aryl methyl sites for hydroxylation is 1. The molecule has 0 N–H and O–H groups in total. The minimum atomic E-state index is 0.493. The molecule has 0 unspecified atom stereocenters. The van der Waals surface area contributed by atoms with Crippen molar-refractivity contribution in [3.8, 4) is 0 Å². The molecular formula is C12H11ClN2. The van der Waals surface area contributed by atoms with Crippen LogP contribution in [0, 0.1) is 6.92 Å². The zero-order chi connectivity index (χ0) is 10.7. The van der Waals surface area contributed by atoms with Gasteiger partial charge < -0.3 is 0 Å². The lowest BCUT2D eigenvalue weighted by Crippen LogP contribution is -1.93. The van der Waals surface area contributed by atoms with Crippen LogP contribution in [0.3, 0.4) is 0 Å². The largest absolute Gasteiger partial charge is 0.241 e. The van der Waals surface area contributed by atoms with Crippen molar-refractivity contribution >= 4 is 11.6 Å². The van der Waals surface area contributed by atoms with E-state index in [0.717, 1.165) is 12.1 Å². The van der Waals surface area contributed by atoms with Crippen molar-refractivity contribution in [1.29, 1.82) is 0 Å². The van der Waals surface area contributed by atoms with E-state index >= 15 is 0 Å². The van der Waals surface area contributed by atoms with Crippen LogP contribution in [0.5, 0.6) is 0 Å². The van der Waals surface area contributed by atoms with Gasteiger partial charge in [0.15, 0.2) is 0 Å². The molecule has 1 heterocycles. The van der Waals surface area contributed by atoms with Crippen molar-refractivity contribution in [2.75, 3.05) is 0 Å². The van der Waals surface area contributed by atoms with Crippen LogP contribution in [0.1, 0.15) is 16.8 Å². The molecule has 0 aliphatic carbocycles. The lowest BCUT2D eigenvalue weighted by molar-refractivity contribution is 1.03. The van der Waals surface area contributed by atoms with E-state index in [9.17, 15) is 0 Å². The average Bonchev–Trinajstić information content (AvgIpc) is 2.17. The first-order chi connectivity index (χ1) is 7.24. The summed E-state index contributed by atoms with van der Waals surface area (Å²) in [6, 6.07) is 10.2. The molecule has 0 fully saturated rings. The average molecular weight is 219 g/mol. The van der Waals surface area contributed by atoms with E-state index in [1.165, 1.54) is 17.5 Å². The number of rotatable bonds is 2. The molecule has 0 saturated heterocycles. The second-order valence-electron chi connectivity index (χ2n) is 3.50. The van der Waals surface area contributed by atoms with Crippen LogP contribution in [-0.4, -0.2) is 9.97 Å². The van der Waals surface area contributed by atoms with Crippen LogP contribution in [0.25, 0.3) is 0 Å². The van der Waals surface area contributed by atoms with Crippen LogP contribution in [0.2, 0.25) is 5.15 Å². The second kappa shape index (κ2) is 4.41. The van der Waals surface area contributed by atoms with Crippen molar-refractivity contribution < 1.29 is 0 Å². The van der Waals surface area contributed by atoms with Gasteiger partial charge in [-0.1, -0.05) is 41.4 Å². The fraction of sp³-hybridized carbons (Fsp3) is 0.167. The molecule has 0 amide bonds. The first kappa shape index (κ1) is 10.1. The van der Waals surface area contributed by atoms with E-state index in [0.29, 0.717) is 5.15 Å². The number of benzene rings is 1. The third kappa shape index (κ3) is 2.77. The number of aromatic nitrogens is 2. The molecule has 2 nitrogen and oxygen atoms in total. The summed E-state index contributed by atoms with van der Waals surface area (Å²) in [6.07, 6.45) is 2.29. The Morgan fingerprint density at radius 3 is 2.80 bits per heavy atom. The summed E-state index contributed by atoms with van der Waals surface area (Å²) < 4.78 is 0. The third-order valence-electron chi connectivity index (χ3n) is 2.16. The molecule has 0 atom stereocenters. The maximum absolute atomic E-state index is 5.79. The van der Waals surface area contributed by atoms with Crippen molar-refractivity contribution in [3.05, 3.63) is 58.6 Å². The Hall–Kier alpha value is -1.41. The summed E-state index contributed by atoms with van der Waals surface area (Å²) in [7, 11) is 0. The highest BCUT2D eigenvalue weighted by molar-refractivity contribution is 6.29. The molecule has 2 aromatic rings. The molecule has 2 rings (SSSR count). The summed E-state index contributed by atoms with van der Waals surface area (Å²) in [5.74, 6) is 0. The summed E-state index contributed by atoms with van der Waals surface area (Å²) >= 11 is 5.79. The van der Waals surface area contributed by atoms with Crippen LogP contribution >= 0.6 is 11.6 Å². The number of hydrogen-bond acceptors (Lipinski definition) is 2. The Balaban J connectivity index is 2.22. The molecule has 0 saturated carbocycles. The molecule has 1 aromatic heterocycles. The maximum atomic E-state index is 5.79. The van der Waals surface area contributed by atoms with Gasteiger partial charge in [0.25, 0.3) is 0 Å². The van der Waals surface area contributed by atoms with E-state index in [-0.39, 0.29) is 0 Å². The van der Waals surface area contributed by atoms with E-state index in [4.69, 9.17) is 11.6 Å². The van der Waals surface area contributed by atoms with Gasteiger partial charge in [-0.15, -0.1) is 0 Å². The number of halogens is 1. The molecule has 0 radical (unpaired) electrons. The molecule has 76 valence electrons. The molecular weight excluding hydrogens is 208 g/mol. The number of nitrogens with zero attached hydrogens (tertiary/aromatic N) is 2. The van der Waals surface area contributed by atoms with Gasteiger partial charge in [0.05, 0.1) is 0 Å². The Labute approximate surface area is 94.0 Å². The van der Waals surface area contributed by atoms with E-state index in [1.807, 2.05) is 6.07 Å². The Morgan fingerprint density at radius 1 is 1.20 bits per heavy atom. The highest BCUT2D eigenvalue weighted by Crippen LogP contribution is 2.11. The highest BCUT2D eigenvalue weighted by Gasteiger charge is 1.99. The predicted molar refractivity (Wildman–Crippen MR) is 61.0 cm³/mol. The van der Waals surface area contributed by atoms with Gasteiger partial charge in [0, 0.05) is 12.1 Å². The van der Waals surface area contributed by atoms with Crippen molar-refractivity contribution in [1.82, 2.24) is 9.97 Å². The normalized spacial score (nSPS) is 10.3. The van der Waals surface area contributed by atoms with Gasteiger partial charge in [-0.3, -0.25) is 0 Å². The van der Waals surface area contributed by atoms with Gasteiger partial charge >= 0.3 is 0 Å². The minimum Gasteiger partial charge on any atom is -0.241 e.